The number of unbranched alkanes of at least 4 members (excludes halogenated alkanes) is 13. The second-order valence-corrected chi connectivity index (χ2v) is 8.98. The molecule has 0 aliphatic carbocycles. The highest BCUT2D eigenvalue weighted by atomic mass is 35.5. The largest absolute Gasteiger partial charge is 0.466 e. The summed E-state index contributed by atoms with van der Waals surface area (Å²) in [6.07, 6.45) is 18.2. The average molecular weight is 467 g/mol. The summed E-state index contributed by atoms with van der Waals surface area (Å²) in [5, 5.41) is 0.451. The fourth-order valence-electron chi connectivity index (χ4n) is 3.62. The number of halogens is 1. The molecule has 0 saturated heterocycles. The quantitative estimate of drug-likeness (QED) is 0.110. The van der Waals surface area contributed by atoms with Gasteiger partial charge >= 0.3 is 11.9 Å². The zero-order valence-electron chi connectivity index (χ0n) is 20.0. The topological polar surface area (TPSA) is 52.6 Å². The van der Waals surface area contributed by atoms with Crippen molar-refractivity contribution in [1.82, 2.24) is 0 Å². The summed E-state index contributed by atoms with van der Waals surface area (Å²) in [5.74, 6) is 0.114. The number of carbonyl (C=O) groups is 2. The van der Waals surface area contributed by atoms with E-state index in [0.29, 0.717) is 30.2 Å². The standard InChI is InChI=1S/C27H43ClO4/c1-2-3-4-5-6-7-10-13-18-23-31-26(29)21-14-11-8-9-12-15-22-27(30)32-25-20-17-16-19-24(25)28/h16-17,19-20H,2-15,18,21-23H2,1H3. The Balaban J connectivity index is 1.84. The van der Waals surface area contributed by atoms with Crippen molar-refractivity contribution in [2.45, 2.75) is 116 Å². The zero-order chi connectivity index (χ0) is 23.3. The molecule has 32 heavy (non-hydrogen) atoms. The smallest absolute Gasteiger partial charge is 0.311 e. The van der Waals surface area contributed by atoms with Crippen LogP contribution in [-0.4, -0.2) is 18.5 Å². The van der Waals surface area contributed by atoms with Gasteiger partial charge in [-0.2, -0.15) is 0 Å². The van der Waals surface area contributed by atoms with Gasteiger partial charge in [0.2, 0.25) is 0 Å². The van der Waals surface area contributed by atoms with Gasteiger partial charge in [-0.05, 0) is 31.4 Å². The second kappa shape index (κ2) is 20.1. The minimum atomic E-state index is -0.243. The molecule has 0 amide bonds. The lowest BCUT2D eigenvalue weighted by atomic mass is 10.1. The van der Waals surface area contributed by atoms with Gasteiger partial charge in [-0.1, -0.05) is 108 Å². The van der Waals surface area contributed by atoms with E-state index in [2.05, 4.69) is 6.92 Å². The molecule has 0 unspecified atom stereocenters. The molecule has 0 bridgehead atoms. The molecule has 182 valence electrons. The Morgan fingerprint density at radius 3 is 1.78 bits per heavy atom. The molecule has 0 N–H and O–H groups in total. The Hall–Kier alpha value is -1.55. The monoisotopic (exact) mass is 466 g/mol. The maximum atomic E-state index is 11.9. The Bertz CT molecular complexity index is 617. The summed E-state index contributed by atoms with van der Waals surface area (Å²) in [5.41, 5.74) is 0. The lowest BCUT2D eigenvalue weighted by molar-refractivity contribution is -0.144. The Morgan fingerprint density at radius 1 is 0.688 bits per heavy atom. The highest BCUT2D eigenvalue weighted by Crippen LogP contribution is 2.23. The third-order valence-electron chi connectivity index (χ3n) is 5.58. The molecule has 0 radical (unpaired) electrons. The van der Waals surface area contributed by atoms with Crippen LogP contribution < -0.4 is 4.74 Å². The lowest BCUT2D eigenvalue weighted by Gasteiger charge is -2.06. The molecule has 1 aromatic carbocycles. The van der Waals surface area contributed by atoms with Gasteiger partial charge in [0, 0.05) is 12.8 Å². The molecule has 0 heterocycles. The molecule has 5 heteroatoms. The summed E-state index contributed by atoms with van der Waals surface area (Å²) in [6.45, 7) is 2.81. The average Bonchev–Trinajstić information content (AvgIpc) is 2.78. The number of ether oxygens (including phenoxy) is 2. The van der Waals surface area contributed by atoms with Crippen LogP contribution in [0.25, 0.3) is 0 Å². The van der Waals surface area contributed by atoms with E-state index in [0.717, 1.165) is 51.4 Å². The molecular formula is C27H43ClO4. The number of carbonyl (C=O) groups excluding carboxylic acids is 2. The molecular weight excluding hydrogens is 424 g/mol. The predicted molar refractivity (Wildman–Crippen MR) is 132 cm³/mol. The highest BCUT2D eigenvalue weighted by Gasteiger charge is 2.07. The first-order chi connectivity index (χ1) is 15.6. The van der Waals surface area contributed by atoms with Crippen LogP contribution in [-0.2, 0) is 14.3 Å². The summed E-state index contributed by atoms with van der Waals surface area (Å²) in [7, 11) is 0. The van der Waals surface area contributed by atoms with Gasteiger partial charge in [0.25, 0.3) is 0 Å². The van der Waals surface area contributed by atoms with Crippen LogP contribution in [0.15, 0.2) is 24.3 Å². The van der Waals surface area contributed by atoms with Gasteiger partial charge in [-0.25, -0.2) is 0 Å². The van der Waals surface area contributed by atoms with Crippen LogP contribution in [0.2, 0.25) is 5.02 Å². The van der Waals surface area contributed by atoms with E-state index in [4.69, 9.17) is 21.1 Å². The van der Waals surface area contributed by atoms with Crippen molar-refractivity contribution in [2.75, 3.05) is 6.61 Å². The van der Waals surface area contributed by atoms with Gasteiger partial charge in [0.05, 0.1) is 11.6 Å². The molecule has 0 aliphatic heterocycles. The molecule has 1 rings (SSSR count). The Morgan fingerprint density at radius 2 is 1.19 bits per heavy atom. The SMILES string of the molecule is CCCCCCCCCCCOC(=O)CCCCCCCCC(=O)Oc1ccccc1Cl. The molecule has 0 fully saturated rings. The number of hydrogen-bond acceptors (Lipinski definition) is 4. The van der Waals surface area contributed by atoms with E-state index < -0.39 is 0 Å². The molecule has 0 aromatic heterocycles. The van der Waals surface area contributed by atoms with Crippen molar-refractivity contribution in [2.24, 2.45) is 0 Å². The normalized spacial score (nSPS) is 10.8. The van der Waals surface area contributed by atoms with Crippen molar-refractivity contribution in [1.29, 1.82) is 0 Å². The first-order valence-electron chi connectivity index (χ1n) is 12.7. The van der Waals surface area contributed by atoms with Crippen molar-refractivity contribution in [3.63, 3.8) is 0 Å². The predicted octanol–water partition coefficient (Wildman–Crippen LogP) is 8.44. The van der Waals surface area contributed by atoms with Crippen molar-refractivity contribution in [3.8, 4) is 5.75 Å². The Kier molecular flexibility index (Phi) is 17.9. The van der Waals surface area contributed by atoms with Gasteiger partial charge in [0.15, 0.2) is 0 Å². The van der Waals surface area contributed by atoms with Crippen LogP contribution in [0.4, 0.5) is 0 Å². The van der Waals surface area contributed by atoms with Crippen molar-refractivity contribution >= 4 is 23.5 Å². The van der Waals surface area contributed by atoms with E-state index in [1.807, 2.05) is 0 Å². The van der Waals surface area contributed by atoms with E-state index in [1.165, 1.54) is 44.9 Å². The van der Waals surface area contributed by atoms with E-state index >= 15 is 0 Å². The van der Waals surface area contributed by atoms with Crippen LogP contribution in [0.3, 0.4) is 0 Å². The number of esters is 2. The van der Waals surface area contributed by atoms with Crippen LogP contribution >= 0.6 is 11.6 Å². The van der Waals surface area contributed by atoms with Gasteiger partial charge < -0.3 is 9.47 Å². The van der Waals surface area contributed by atoms with E-state index in [1.54, 1.807) is 24.3 Å². The van der Waals surface area contributed by atoms with Crippen molar-refractivity contribution < 1.29 is 19.1 Å². The van der Waals surface area contributed by atoms with Gasteiger partial charge in [-0.3, -0.25) is 9.59 Å². The summed E-state index contributed by atoms with van der Waals surface area (Å²) < 4.78 is 10.6. The molecule has 1 aromatic rings. The third kappa shape index (κ3) is 16.1. The zero-order valence-corrected chi connectivity index (χ0v) is 20.8. The molecule has 0 saturated carbocycles. The molecule has 0 atom stereocenters. The third-order valence-corrected chi connectivity index (χ3v) is 5.90. The first kappa shape index (κ1) is 28.5. The number of rotatable bonds is 20. The van der Waals surface area contributed by atoms with Gasteiger partial charge in [0.1, 0.15) is 5.75 Å². The lowest BCUT2D eigenvalue weighted by Crippen LogP contribution is -2.07. The minimum Gasteiger partial charge on any atom is -0.466 e. The number of hydrogen-bond donors (Lipinski definition) is 0. The fourth-order valence-corrected chi connectivity index (χ4v) is 3.79. The Labute approximate surface area is 200 Å². The number of para-hydroxylation sites is 1. The summed E-state index contributed by atoms with van der Waals surface area (Å²) >= 11 is 5.98. The second-order valence-electron chi connectivity index (χ2n) is 8.57. The molecule has 0 spiro atoms. The minimum absolute atomic E-state index is 0.0631. The van der Waals surface area contributed by atoms with E-state index in [9.17, 15) is 9.59 Å². The van der Waals surface area contributed by atoms with Crippen LogP contribution in [0.1, 0.15) is 116 Å². The summed E-state index contributed by atoms with van der Waals surface area (Å²) in [4.78, 5) is 23.6. The van der Waals surface area contributed by atoms with Gasteiger partial charge in [-0.15, -0.1) is 0 Å². The highest BCUT2D eigenvalue weighted by molar-refractivity contribution is 6.32. The molecule has 0 aliphatic rings. The van der Waals surface area contributed by atoms with Crippen molar-refractivity contribution in [3.05, 3.63) is 29.3 Å². The fraction of sp³-hybridized carbons (Fsp3) is 0.704. The molecule has 4 nitrogen and oxygen atoms in total. The summed E-state index contributed by atoms with van der Waals surface area (Å²) in [6, 6.07) is 7.00. The van der Waals surface area contributed by atoms with Crippen LogP contribution in [0, 0.1) is 0 Å². The maximum Gasteiger partial charge on any atom is 0.311 e. The maximum absolute atomic E-state index is 11.9. The first-order valence-corrected chi connectivity index (χ1v) is 13.1. The number of benzene rings is 1. The van der Waals surface area contributed by atoms with Crippen LogP contribution in [0.5, 0.6) is 5.75 Å². The van der Waals surface area contributed by atoms with E-state index in [-0.39, 0.29) is 11.9 Å².